The molecule has 0 saturated heterocycles. The van der Waals surface area contributed by atoms with Crippen LogP contribution in [-0.2, 0) is 12.5 Å². The van der Waals surface area contributed by atoms with Crippen LogP contribution in [0.25, 0.3) is 0 Å². The predicted molar refractivity (Wildman–Crippen MR) is 79.2 cm³/mol. The van der Waals surface area contributed by atoms with E-state index in [1.165, 1.54) is 0 Å². The summed E-state index contributed by atoms with van der Waals surface area (Å²) < 4.78 is 1.78. The molecule has 0 aliphatic carbocycles. The molecule has 1 N–H and O–H groups in total. The second kappa shape index (κ2) is 4.85. The van der Waals surface area contributed by atoms with Crippen molar-refractivity contribution in [1.29, 1.82) is 0 Å². The Morgan fingerprint density at radius 3 is 2.53 bits per heavy atom. The second-order valence-corrected chi connectivity index (χ2v) is 6.13. The van der Waals surface area contributed by atoms with Crippen LogP contribution in [0.2, 0.25) is 5.02 Å². The Bertz CT molecular complexity index is 596. The summed E-state index contributed by atoms with van der Waals surface area (Å²) in [7, 11) is 1.90. The molecular weight excluding hydrogens is 260 g/mol. The number of rotatable bonds is 2. The normalized spacial score (nSPS) is 11.7. The zero-order valence-electron chi connectivity index (χ0n) is 12.0. The molecule has 0 amide bonds. The molecule has 0 spiro atoms. The molecule has 0 aliphatic heterocycles. The van der Waals surface area contributed by atoms with Crippen molar-refractivity contribution in [3.63, 3.8) is 0 Å². The third kappa shape index (κ3) is 3.07. The largest absolute Gasteiger partial charge is 0.337 e. The van der Waals surface area contributed by atoms with Crippen LogP contribution in [0.1, 0.15) is 32.0 Å². The quantitative estimate of drug-likeness (QED) is 0.908. The maximum atomic E-state index is 6.21. The first-order valence-corrected chi connectivity index (χ1v) is 6.58. The first kappa shape index (κ1) is 13.9. The van der Waals surface area contributed by atoms with E-state index in [2.05, 4.69) is 36.2 Å². The lowest BCUT2D eigenvalue weighted by Crippen LogP contribution is -2.12. The topological polar surface area (TPSA) is 42.7 Å². The van der Waals surface area contributed by atoms with Crippen molar-refractivity contribution >= 4 is 23.1 Å². The van der Waals surface area contributed by atoms with Gasteiger partial charge in [0.25, 0.3) is 0 Å². The molecule has 0 aromatic carbocycles. The van der Waals surface area contributed by atoms with Crippen LogP contribution in [0.15, 0.2) is 18.5 Å². The summed E-state index contributed by atoms with van der Waals surface area (Å²) in [5, 5.41) is 8.27. The van der Waals surface area contributed by atoms with E-state index in [9.17, 15) is 0 Å². The van der Waals surface area contributed by atoms with Crippen LogP contribution < -0.4 is 5.32 Å². The minimum Gasteiger partial charge on any atom is -0.337 e. The van der Waals surface area contributed by atoms with Gasteiger partial charge in [-0.3, -0.25) is 4.68 Å². The van der Waals surface area contributed by atoms with Crippen LogP contribution in [-0.4, -0.2) is 14.8 Å². The van der Waals surface area contributed by atoms with E-state index in [1.807, 2.05) is 26.2 Å². The minimum absolute atomic E-state index is 0.0135. The summed E-state index contributed by atoms with van der Waals surface area (Å²) in [4.78, 5) is 4.32. The molecule has 0 saturated carbocycles. The van der Waals surface area contributed by atoms with Gasteiger partial charge >= 0.3 is 0 Å². The van der Waals surface area contributed by atoms with Crippen molar-refractivity contribution in [3.05, 3.63) is 34.7 Å². The number of anilines is 2. The Labute approximate surface area is 118 Å². The highest BCUT2D eigenvalue weighted by Gasteiger charge is 2.18. The standard InChI is InChI=1S/C14H19ClN4/c1-9-12(8-19(5)18-9)17-13-6-10(14(2,3)4)11(15)7-16-13/h6-8H,1-5H3,(H,16,17). The van der Waals surface area contributed by atoms with E-state index in [0.29, 0.717) is 5.02 Å². The predicted octanol–water partition coefficient (Wildman–Crippen LogP) is 3.82. The molecule has 102 valence electrons. The molecule has 2 rings (SSSR count). The zero-order valence-corrected chi connectivity index (χ0v) is 12.7. The number of hydrogen-bond donors (Lipinski definition) is 1. The highest BCUT2D eigenvalue weighted by Crippen LogP contribution is 2.31. The molecule has 0 bridgehead atoms. The van der Waals surface area contributed by atoms with E-state index in [-0.39, 0.29) is 5.41 Å². The fraction of sp³-hybridized carbons (Fsp3) is 0.429. The van der Waals surface area contributed by atoms with Gasteiger partial charge < -0.3 is 5.32 Å². The maximum Gasteiger partial charge on any atom is 0.130 e. The van der Waals surface area contributed by atoms with Crippen molar-refractivity contribution < 1.29 is 0 Å². The fourth-order valence-corrected chi connectivity index (χ4v) is 2.33. The Morgan fingerprint density at radius 1 is 1.32 bits per heavy atom. The lowest BCUT2D eigenvalue weighted by molar-refractivity contribution is 0.590. The van der Waals surface area contributed by atoms with Crippen molar-refractivity contribution in [2.45, 2.75) is 33.1 Å². The van der Waals surface area contributed by atoms with E-state index < -0.39 is 0 Å². The smallest absolute Gasteiger partial charge is 0.130 e. The third-order valence-corrected chi connectivity index (χ3v) is 3.24. The monoisotopic (exact) mass is 278 g/mol. The Hall–Kier alpha value is -1.55. The van der Waals surface area contributed by atoms with Gasteiger partial charge in [-0.1, -0.05) is 32.4 Å². The summed E-state index contributed by atoms with van der Waals surface area (Å²) in [6.07, 6.45) is 3.62. The molecule has 4 nitrogen and oxygen atoms in total. The van der Waals surface area contributed by atoms with Crippen LogP contribution in [0.3, 0.4) is 0 Å². The molecule has 19 heavy (non-hydrogen) atoms. The molecule has 0 atom stereocenters. The van der Waals surface area contributed by atoms with Crippen LogP contribution in [0.4, 0.5) is 11.5 Å². The van der Waals surface area contributed by atoms with Crippen LogP contribution in [0.5, 0.6) is 0 Å². The molecular formula is C14H19ClN4. The SMILES string of the molecule is Cc1nn(C)cc1Nc1cc(C(C)(C)C)c(Cl)cn1. The molecule has 0 aliphatic rings. The Kier molecular flexibility index (Phi) is 3.54. The van der Waals surface area contributed by atoms with Gasteiger partial charge in [-0.25, -0.2) is 4.98 Å². The van der Waals surface area contributed by atoms with Gasteiger partial charge in [0.05, 0.1) is 16.4 Å². The minimum atomic E-state index is -0.0135. The van der Waals surface area contributed by atoms with Crippen molar-refractivity contribution in [1.82, 2.24) is 14.8 Å². The summed E-state index contributed by atoms with van der Waals surface area (Å²) in [6.45, 7) is 8.36. The molecule has 5 heteroatoms. The number of aromatic nitrogens is 3. The Balaban J connectivity index is 2.34. The maximum absolute atomic E-state index is 6.21. The number of nitrogens with one attached hydrogen (secondary N) is 1. The zero-order chi connectivity index (χ0) is 14.2. The van der Waals surface area contributed by atoms with Gasteiger partial charge in [0, 0.05) is 19.4 Å². The average Bonchev–Trinajstić information content (AvgIpc) is 2.58. The van der Waals surface area contributed by atoms with E-state index >= 15 is 0 Å². The first-order valence-electron chi connectivity index (χ1n) is 6.20. The fourth-order valence-electron chi connectivity index (χ4n) is 1.94. The van der Waals surface area contributed by atoms with Crippen molar-refractivity contribution in [3.8, 4) is 0 Å². The van der Waals surface area contributed by atoms with Gasteiger partial charge in [-0.15, -0.1) is 0 Å². The molecule has 2 heterocycles. The number of nitrogens with zero attached hydrogens (tertiary/aromatic N) is 3. The molecule has 2 aromatic heterocycles. The lowest BCUT2D eigenvalue weighted by atomic mass is 9.87. The lowest BCUT2D eigenvalue weighted by Gasteiger charge is -2.21. The van der Waals surface area contributed by atoms with Crippen molar-refractivity contribution in [2.24, 2.45) is 7.05 Å². The number of pyridine rings is 1. The third-order valence-electron chi connectivity index (χ3n) is 2.94. The summed E-state index contributed by atoms with van der Waals surface area (Å²) in [5.41, 5.74) is 2.96. The van der Waals surface area contributed by atoms with Gasteiger partial charge in [0.1, 0.15) is 5.82 Å². The molecule has 0 unspecified atom stereocenters. The summed E-state index contributed by atoms with van der Waals surface area (Å²) in [6, 6.07) is 1.99. The second-order valence-electron chi connectivity index (χ2n) is 5.73. The number of aryl methyl sites for hydroxylation is 2. The number of halogens is 1. The van der Waals surface area contributed by atoms with Crippen LogP contribution in [0, 0.1) is 6.92 Å². The number of hydrogen-bond acceptors (Lipinski definition) is 3. The highest BCUT2D eigenvalue weighted by molar-refractivity contribution is 6.31. The van der Waals surface area contributed by atoms with E-state index in [1.54, 1.807) is 10.9 Å². The van der Waals surface area contributed by atoms with Gasteiger partial charge in [0.15, 0.2) is 0 Å². The van der Waals surface area contributed by atoms with Gasteiger partial charge in [0.2, 0.25) is 0 Å². The van der Waals surface area contributed by atoms with E-state index in [4.69, 9.17) is 11.6 Å². The van der Waals surface area contributed by atoms with E-state index in [0.717, 1.165) is 22.8 Å². The molecule has 0 radical (unpaired) electrons. The van der Waals surface area contributed by atoms with Gasteiger partial charge in [-0.2, -0.15) is 5.10 Å². The van der Waals surface area contributed by atoms with Crippen LogP contribution >= 0.6 is 11.6 Å². The summed E-state index contributed by atoms with van der Waals surface area (Å²) in [5.74, 6) is 0.783. The average molecular weight is 279 g/mol. The summed E-state index contributed by atoms with van der Waals surface area (Å²) >= 11 is 6.21. The molecule has 2 aromatic rings. The molecule has 0 fully saturated rings. The Morgan fingerprint density at radius 2 is 2.00 bits per heavy atom. The first-order chi connectivity index (χ1) is 8.77. The van der Waals surface area contributed by atoms with Crippen molar-refractivity contribution in [2.75, 3.05) is 5.32 Å². The highest BCUT2D eigenvalue weighted by atomic mass is 35.5. The van der Waals surface area contributed by atoms with Gasteiger partial charge in [-0.05, 0) is 24.0 Å².